The lowest BCUT2D eigenvalue weighted by molar-refractivity contribution is -0.116. The first-order chi connectivity index (χ1) is 11.0. The topological polar surface area (TPSA) is 78.4 Å². The lowest BCUT2D eigenvalue weighted by atomic mass is 10.3. The van der Waals surface area contributed by atoms with Gasteiger partial charge in [0.2, 0.25) is 11.0 Å². The van der Waals surface area contributed by atoms with E-state index in [4.69, 9.17) is 0 Å². The largest absolute Gasteiger partial charge is 0.325 e. The minimum Gasteiger partial charge on any atom is -0.313 e. The van der Waals surface area contributed by atoms with Crippen LogP contribution in [-0.2, 0) is 4.79 Å². The molecule has 2 heterocycles. The highest BCUT2D eigenvalue weighted by Gasteiger charge is 2.32. The molecule has 2 aromatic rings. The molecular weight excluding hydrogens is 321 g/mol. The zero-order valence-electron chi connectivity index (χ0n) is 12.3. The molecule has 1 aliphatic rings. The van der Waals surface area contributed by atoms with Crippen LogP contribution in [-0.4, -0.2) is 46.7 Å². The number of amides is 3. The van der Waals surface area contributed by atoms with Crippen molar-refractivity contribution >= 4 is 34.1 Å². The number of aryl methyl sites for hydroxylation is 1. The molecule has 1 fully saturated rings. The van der Waals surface area contributed by atoms with Crippen molar-refractivity contribution in [2.75, 3.05) is 29.9 Å². The number of para-hydroxylation sites is 1. The van der Waals surface area contributed by atoms with E-state index >= 15 is 0 Å². The summed E-state index contributed by atoms with van der Waals surface area (Å²) in [6, 6.07) is 5.68. The first-order valence-corrected chi connectivity index (χ1v) is 7.77. The molecule has 0 saturated carbocycles. The number of carbonyl (C=O) groups is 2. The number of aromatic nitrogens is 2. The number of nitrogens with zero attached hydrogens (tertiary/aromatic N) is 4. The van der Waals surface area contributed by atoms with Crippen LogP contribution in [0.2, 0.25) is 0 Å². The van der Waals surface area contributed by atoms with Crippen molar-refractivity contribution in [3.8, 4) is 0 Å². The fourth-order valence-electron chi connectivity index (χ4n) is 2.30. The van der Waals surface area contributed by atoms with Crippen molar-refractivity contribution in [1.82, 2.24) is 15.1 Å². The van der Waals surface area contributed by atoms with Gasteiger partial charge in [-0.2, -0.15) is 0 Å². The summed E-state index contributed by atoms with van der Waals surface area (Å²) >= 11 is 1.26. The molecule has 7 nitrogen and oxygen atoms in total. The third-order valence-corrected chi connectivity index (χ3v) is 4.10. The molecule has 0 bridgehead atoms. The second kappa shape index (κ2) is 6.29. The van der Waals surface area contributed by atoms with Gasteiger partial charge in [0, 0.05) is 13.1 Å². The van der Waals surface area contributed by atoms with E-state index < -0.39 is 11.8 Å². The lowest BCUT2D eigenvalue weighted by Gasteiger charge is -2.18. The van der Waals surface area contributed by atoms with Crippen LogP contribution in [0.15, 0.2) is 24.3 Å². The first kappa shape index (κ1) is 15.3. The molecule has 0 aliphatic carbocycles. The molecule has 0 radical (unpaired) electrons. The maximum Gasteiger partial charge on any atom is 0.325 e. The molecule has 1 aliphatic heterocycles. The Hall–Kier alpha value is -2.55. The van der Waals surface area contributed by atoms with Crippen LogP contribution in [0.4, 0.5) is 20.0 Å². The third-order valence-electron chi connectivity index (χ3n) is 3.35. The normalized spacial score (nSPS) is 14.4. The Morgan fingerprint density at radius 2 is 2.13 bits per heavy atom. The van der Waals surface area contributed by atoms with E-state index in [1.165, 1.54) is 27.2 Å². The van der Waals surface area contributed by atoms with E-state index in [1.807, 2.05) is 0 Å². The summed E-state index contributed by atoms with van der Waals surface area (Å²) in [7, 11) is 0. The van der Waals surface area contributed by atoms with Crippen LogP contribution in [0.5, 0.6) is 0 Å². The molecule has 1 aromatic carbocycles. The van der Waals surface area contributed by atoms with Crippen molar-refractivity contribution in [1.29, 1.82) is 0 Å². The van der Waals surface area contributed by atoms with Crippen LogP contribution >= 0.6 is 11.3 Å². The molecule has 23 heavy (non-hydrogen) atoms. The van der Waals surface area contributed by atoms with Gasteiger partial charge in [-0.15, -0.1) is 10.2 Å². The van der Waals surface area contributed by atoms with Gasteiger partial charge in [0.15, 0.2) is 0 Å². The molecular formula is C14H14FN5O2S. The molecule has 3 amide bonds. The van der Waals surface area contributed by atoms with Gasteiger partial charge < -0.3 is 4.90 Å². The Morgan fingerprint density at radius 3 is 2.83 bits per heavy atom. The van der Waals surface area contributed by atoms with Gasteiger partial charge in [-0.25, -0.2) is 9.18 Å². The Morgan fingerprint density at radius 1 is 1.35 bits per heavy atom. The number of anilines is 2. The molecule has 0 spiro atoms. The van der Waals surface area contributed by atoms with Crippen molar-refractivity contribution in [2.24, 2.45) is 0 Å². The fourth-order valence-corrected chi connectivity index (χ4v) is 2.91. The second-order valence-electron chi connectivity index (χ2n) is 4.98. The van der Waals surface area contributed by atoms with Crippen LogP contribution in [0.1, 0.15) is 5.01 Å². The number of halogens is 1. The molecule has 3 rings (SSSR count). The number of nitrogens with one attached hydrogen (secondary N) is 1. The average molecular weight is 335 g/mol. The van der Waals surface area contributed by atoms with E-state index in [0.29, 0.717) is 18.2 Å². The number of hydrogen-bond acceptors (Lipinski definition) is 5. The molecule has 1 N–H and O–H groups in total. The van der Waals surface area contributed by atoms with E-state index in [-0.39, 0.29) is 18.1 Å². The Kier molecular flexibility index (Phi) is 4.20. The SMILES string of the molecule is Cc1nnc(NC(=O)CN2CCN(c3ccccc3F)C2=O)s1. The van der Waals surface area contributed by atoms with Crippen molar-refractivity contribution in [3.63, 3.8) is 0 Å². The average Bonchev–Trinajstić information content (AvgIpc) is 3.07. The van der Waals surface area contributed by atoms with Gasteiger partial charge >= 0.3 is 6.03 Å². The van der Waals surface area contributed by atoms with Crippen molar-refractivity contribution < 1.29 is 14.0 Å². The highest BCUT2D eigenvalue weighted by molar-refractivity contribution is 7.15. The van der Waals surface area contributed by atoms with Gasteiger partial charge in [0.1, 0.15) is 17.4 Å². The summed E-state index contributed by atoms with van der Waals surface area (Å²) in [4.78, 5) is 27.0. The summed E-state index contributed by atoms with van der Waals surface area (Å²) in [6.45, 7) is 2.37. The fraction of sp³-hybridized carbons (Fsp3) is 0.286. The third kappa shape index (κ3) is 3.29. The summed E-state index contributed by atoms with van der Waals surface area (Å²) < 4.78 is 13.8. The molecule has 0 atom stereocenters. The number of rotatable bonds is 4. The summed E-state index contributed by atoms with van der Waals surface area (Å²) in [5, 5.41) is 11.3. The van der Waals surface area contributed by atoms with Crippen molar-refractivity contribution in [3.05, 3.63) is 35.1 Å². The van der Waals surface area contributed by atoms with E-state index in [1.54, 1.807) is 25.1 Å². The highest BCUT2D eigenvalue weighted by Crippen LogP contribution is 2.23. The van der Waals surface area contributed by atoms with Gasteiger partial charge in [0.05, 0.1) is 5.69 Å². The minimum atomic E-state index is -0.462. The van der Waals surface area contributed by atoms with Crippen LogP contribution < -0.4 is 10.2 Å². The smallest absolute Gasteiger partial charge is 0.313 e. The lowest BCUT2D eigenvalue weighted by Crippen LogP contribution is -2.37. The molecule has 9 heteroatoms. The maximum atomic E-state index is 13.8. The summed E-state index contributed by atoms with van der Waals surface area (Å²) in [5.41, 5.74) is 0.222. The first-order valence-electron chi connectivity index (χ1n) is 6.95. The minimum absolute atomic E-state index is 0.109. The van der Waals surface area contributed by atoms with Crippen LogP contribution in [0.25, 0.3) is 0 Å². The number of carbonyl (C=O) groups excluding carboxylic acids is 2. The molecule has 1 saturated heterocycles. The second-order valence-corrected chi connectivity index (χ2v) is 6.16. The van der Waals surface area contributed by atoms with Crippen LogP contribution in [0, 0.1) is 12.7 Å². The molecule has 1 aromatic heterocycles. The van der Waals surface area contributed by atoms with E-state index in [9.17, 15) is 14.0 Å². The van der Waals surface area contributed by atoms with E-state index in [2.05, 4.69) is 15.5 Å². The summed E-state index contributed by atoms with van der Waals surface area (Å²) in [6.07, 6.45) is 0. The van der Waals surface area contributed by atoms with Gasteiger partial charge in [-0.3, -0.25) is 15.0 Å². The molecule has 120 valence electrons. The highest BCUT2D eigenvalue weighted by atomic mass is 32.1. The molecule has 0 unspecified atom stereocenters. The van der Waals surface area contributed by atoms with Gasteiger partial charge in [0.25, 0.3) is 0 Å². The zero-order valence-corrected chi connectivity index (χ0v) is 13.1. The monoisotopic (exact) mass is 335 g/mol. The van der Waals surface area contributed by atoms with Gasteiger partial charge in [-0.1, -0.05) is 23.5 Å². The predicted molar refractivity (Wildman–Crippen MR) is 84.0 cm³/mol. The quantitative estimate of drug-likeness (QED) is 0.925. The standard InChI is InChI=1S/C14H14FN5O2S/c1-9-17-18-13(23-9)16-12(21)8-19-6-7-20(14(19)22)11-5-3-2-4-10(11)15/h2-5H,6-8H2,1H3,(H,16,18,21). The van der Waals surface area contributed by atoms with Crippen LogP contribution in [0.3, 0.4) is 0 Å². The Labute approximate surface area is 135 Å². The maximum absolute atomic E-state index is 13.8. The summed E-state index contributed by atoms with van der Waals surface area (Å²) in [5.74, 6) is -0.818. The van der Waals surface area contributed by atoms with E-state index in [0.717, 1.165) is 5.01 Å². The number of urea groups is 1. The van der Waals surface area contributed by atoms with Gasteiger partial charge in [-0.05, 0) is 19.1 Å². The number of hydrogen-bond donors (Lipinski definition) is 1. The Bertz CT molecular complexity index is 750. The number of benzene rings is 1. The zero-order chi connectivity index (χ0) is 16.4. The Balaban J connectivity index is 1.63. The predicted octanol–water partition coefficient (Wildman–Crippen LogP) is 1.87. The van der Waals surface area contributed by atoms with Crippen molar-refractivity contribution in [2.45, 2.75) is 6.92 Å².